The zero-order valence-electron chi connectivity index (χ0n) is 13.8. The van der Waals surface area contributed by atoms with E-state index in [-0.39, 0.29) is 17.4 Å². The number of ether oxygens (including phenoxy) is 2. The fourth-order valence-electron chi connectivity index (χ4n) is 3.78. The summed E-state index contributed by atoms with van der Waals surface area (Å²) in [5.74, 6) is -0.291. The average molecular weight is 337 g/mol. The number of likely N-dealkylation sites (tertiary alicyclic amines) is 1. The van der Waals surface area contributed by atoms with Gasteiger partial charge in [-0.25, -0.2) is 0 Å². The average Bonchev–Trinajstić information content (AvgIpc) is 2.60. The van der Waals surface area contributed by atoms with Gasteiger partial charge in [-0.2, -0.15) is 0 Å². The minimum atomic E-state index is -0.459. The summed E-state index contributed by atoms with van der Waals surface area (Å²) < 4.78 is 15.8. The fourth-order valence-corrected chi connectivity index (χ4v) is 3.78. The molecule has 2 saturated heterocycles. The Labute approximate surface area is 140 Å². The first kappa shape index (κ1) is 17.0. The Morgan fingerprint density at radius 3 is 2.83 bits per heavy atom. The molecule has 7 heteroatoms. The summed E-state index contributed by atoms with van der Waals surface area (Å²) in [5, 5.41) is 9.34. The first-order valence-corrected chi connectivity index (χ1v) is 8.25. The minimum absolute atomic E-state index is 0.0424. The van der Waals surface area contributed by atoms with Gasteiger partial charge in [-0.15, -0.1) is 0 Å². The molecule has 2 aliphatic heterocycles. The Bertz CT molecular complexity index is 649. The van der Waals surface area contributed by atoms with Gasteiger partial charge in [0, 0.05) is 31.4 Å². The molecule has 1 aromatic rings. The lowest BCUT2D eigenvalue weighted by Crippen LogP contribution is -2.57. The van der Waals surface area contributed by atoms with Crippen LogP contribution in [0.2, 0.25) is 0 Å². The normalized spacial score (nSPS) is 24.0. The summed E-state index contributed by atoms with van der Waals surface area (Å²) >= 11 is 0. The largest absolute Gasteiger partial charge is 0.502 e. The standard InChI is InChI=1S/C17H23NO6/c1-22-16(21)12-2-3-17(4-6-23-7-5-17)18(9-12)10-13-8-14(19)15(20)11-24-13/h8,11-12,20H,2-7,9-10H2,1H3. The van der Waals surface area contributed by atoms with Crippen LogP contribution in [0.3, 0.4) is 0 Å². The van der Waals surface area contributed by atoms with Gasteiger partial charge in [0.05, 0.1) is 19.6 Å². The molecule has 3 heterocycles. The molecule has 7 nitrogen and oxygen atoms in total. The highest BCUT2D eigenvalue weighted by atomic mass is 16.5. The van der Waals surface area contributed by atoms with Crippen molar-refractivity contribution in [3.63, 3.8) is 0 Å². The Morgan fingerprint density at radius 1 is 1.42 bits per heavy atom. The maximum atomic E-state index is 12.0. The Morgan fingerprint density at radius 2 is 2.17 bits per heavy atom. The monoisotopic (exact) mass is 337 g/mol. The van der Waals surface area contributed by atoms with E-state index in [1.54, 1.807) is 0 Å². The Balaban J connectivity index is 1.83. The van der Waals surface area contributed by atoms with E-state index < -0.39 is 11.2 Å². The van der Waals surface area contributed by atoms with Gasteiger partial charge in [-0.3, -0.25) is 14.5 Å². The molecule has 2 aliphatic rings. The van der Waals surface area contributed by atoms with E-state index >= 15 is 0 Å². The zero-order valence-corrected chi connectivity index (χ0v) is 13.8. The maximum Gasteiger partial charge on any atom is 0.309 e. The van der Waals surface area contributed by atoms with E-state index in [9.17, 15) is 14.7 Å². The van der Waals surface area contributed by atoms with Crippen molar-refractivity contribution in [1.82, 2.24) is 4.90 Å². The van der Waals surface area contributed by atoms with Crippen molar-refractivity contribution in [2.75, 3.05) is 26.9 Å². The second-order valence-corrected chi connectivity index (χ2v) is 6.57. The number of hydrogen-bond donors (Lipinski definition) is 1. The third-order valence-corrected chi connectivity index (χ3v) is 5.24. The second kappa shape index (κ2) is 6.94. The van der Waals surface area contributed by atoms with E-state index in [0.717, 1.165) is 31.9 Å². The molecule has 132 valence electrons. The summed E-state index contributed by atoms with van der Waals surface area (Å²) in [6, 6.07) is 1.31. The summed E-state index contributed by atoms with van der Waals surface area (Å²) in [7, 11) is 1.41. The van der Waals surface area contributed by atoms with Gasteiger partial charge in [-0.05, 0) is 25.7 Å². The Kier molecular flexibility index (Phi) is 4.91. The number of aromatic hydroxyl groups is 1. The molecule has 2 fully saturated rings. The molecule has 0 bridgehead atoms. The lowest BCUT2D eigenvalue weighted by atomic mass is 9.77. The minimum Gasteiger partial charge on any atom is -0.502 e. The predicted octanol–water partition coefficient (Wildman–Crippen LogP) is 1.28. The number of piperidine rings is 1. The molecule has 3 rings (SSSR count). The molecule has 24 heavy (non-hydrogen) atoms. The number of hydrogen-bond acceptors (Lipinski definition) is 7. The highest BCUT2D eigenvalue weighted by molar-refractivity contribution is 5.72. The van der Waals surface area contributed by atoms with Crippen molar-refractivity contribution >= 4 is 5.97 Å². The van der Waals surface area contributed by atoms with Crippen LogP contribution in [0.25, 0.3) is 0 Å². The molecule has 1 aromatic heterocycles. The van der Waals surface area contributed by atoms with Crippen LogP contribution >= 0.6 is 0 Å². The van der Waals surface area contributed by atoms with Gasteiger partial charge in [0.25, 0.3) is 0 Å². The first-order valence-electron chi connectivity index (χ1n) is 8.25. The van der Waals surface area contributed by atoms with Crippen molar-refractivity contribution in [3.05, 3.63) is 28.3 Å². The van der Waals surface area contributed by atoms with E-state index in [0.29, 0.717) is 32.1 Å². The molecular weight excluding hydrogens is 314 g/mol. The van der Waals surface area contributed by atoms with Gasteiger partial charge in [0.2, 0.25) is 5.43 Å². The molecular formula is C17H23NO6. The van der Waals surface area contributed by atoms with Crippen LogP contribution < -0.4 is 5.43 Å². The number of carbonyl (C=O) groups excluding carboxylic acids is 1. The summed E-state index contributed by atoms with van der Waals surface area (Å²) in [6.07, 6.45) is 4.53. The van der Waals surface area contributed by atoms with Crippen LogP contribution in [-0.4, -0.2) is 48.4 Å². The van der Waals surface area contributed by atoms with Crippen LogP contribution in [0.5, 0.6) is 5.75 Å². The summed E-state index contributed by atoms with van der Waals surface area (Å²) in [5.41, 5.74) is -0.502. The topological polar surface area (TPSA) is 89.2 Å². The molecule has 1 atom stereocenters. The molecule has 0 aliphatic carbocycles. The lowest BCUT2D eigenvalue weighted by Gasteiger charge is -2.50. The molecule has 0 amide bonds. The number of nitrogens with zero attached hydrogens (tertiary/aromatic N) is 1. The van der Waals surface area contributed by atoms with Crippen molar-refractivity contribution in [3.8, 4) is 5.75 Å². The quantitative estimate of drug-likeness (QED) is 0.831. The molecule has 0 aromatic carbocycles. The smallest absolute Gasteiger partial charge is 0.309 e. The Hall–Kier alpha value is -1.86. The van der Waals surface area contributed by atoms with E-state index in [1.807, 2.05) is 0 Å². The number of carbonyl (C=O) groups is 1. The third kappa shape index (κ3) is 3.32. The van der Waals surface area contributed by atoms with Gasteiger partial charge in [0.1, 0.15) is 12.0 Å². The summed E-state index contributed by atoms with van der Waals surface area (Å²) in [4.78, 5) is 25.8. The fraction of sp³-hybridized carbons (Fsp3) is 0.647. The highest BCUT2D eigenvalue weighted by Gasteiger charge is 2.44. The maximum absolute atomic E-state index is 12.0. The number of esters is 1. The van der Waals surface area contributed by atoms with Gasteiger partial charge in [-0.1, -0.05) is 0 Å². The van der Waals surface area contributed by atoms with E-state index in [2.05, 4.69) is 4.90 Å². The van der Waals surface area contributed by atoms with Crippen molar-refractivity contribution in [1.29, 1.82) is 0 Å². The van der Waals surface area contributed by atoms with Crippen molar-refractivity contribution in [2.45, 2.75) is 37.8 Å². The van der Waals surface area contributed by atoms with Crippen LogP contribution in [0, 0.1) is 5.92 Å². The predicted molar refractivity (Wildman–Crippen MR) is 84.6 cm³/mol. The third-order valence-electron chi connectivity index (χ3n) is 5.24. The van der Waals surface area contributed by atoms with E-state index in [4.69, 9.17) is 13.9 Å². The van der Waals surface area contributed by atoms with Crippen molar-refractivity contribution in [2.24, 2.45) is 5.92 Å². The molecule has 1 unspecified atom stereocenters. The van der Waals surface area contributed by atoms with Gasteiger partial charge < -0.3 is 19.0 Å². The SMILES string of the molecule is COC(=O)C1CCC2(CCOCC2)N(Cc2cc(=O)c(O)co2)C1. The van der Waals surface area contributed by atoms with Crippen LogP contribution in [0.15, 0.2) is 21.5 Å². The van der Waals surface area contributed by atoms with Gasteiger partial charge >= 0.3 is 5.97 Å². The highest BCUT2D eigenvalue weighted by Crippen LogP contribution is 2.39. The van der Waals surface area contributed by atoms with Crippen LogP contribution in [0.4, 0.5) is 0 Å². The van der Waals surface area contributed by atoms with E-state index in [1.165, 1.54) is 13.2 Å². The summed E-state index contributed by atoms with van der Waals surface area (Å²) in [6.45, 7) is 2.37. The van der Waals surface area contributed by atoms with Crippen LogP contribution in [-0.2, 0) is 20.8 Å². The first-order chi connectivity index (χ1) is 11.5. The zero-order chi connectivity index (χ0) is 17.2. The van der Waals surface area contributed by atoms with Gasteiger partial charge in [0.15, 0.2) is 5.75 Å². The molecule has 0 radical (unpaired) electrons. The molecule has 1 N–H and O–H groups in total. The number of rotatable bonds is 3. The second-order valence-electron chi connectivity index (χ2n) is 6.57. The molecule has 0 saturated carbocycles. The molecule has 1 spiro atoms. The number of methoxy groups -OCH3 is 1. The van der Waals surface area contributed by atoms with Crippen molar-refractivity contribution < 1.29 is 23.8 Å². The van der Waals surface area contributed by atoms with Crippen LogP contribution in [0.1, 0.15) is 31.4 Å². The lowest BCUT2D eigenvalue weighted by molar-refractivity contribution is -0.151.